The van der Waals surface area contributed by atoms with Crippen LogP contribution in [0.1, 0.15) is 10.4 Å². The zero-order valence-corrected chi connectivity index (χ0v) is 10.0. The van der Waals surface area contributed by atoms with Gasteiger partial charge in [-0.05, 0) is 12.1 Å². The number of carboxylic acids is 1. The van der Waals surface area contributed by atoms with E-state index >= 15 is 0 Å². The molecule has 0 amide bonds. The second-order valence-corrected chi connectivity index (χ2v) is 3.87. The average Bonchev–Trinajstić information content (AvgIpc) is 2.39. The molecule has 6 heteroatoms. The minimum atomic E-state index is -1.04. The van der Waals surface area contributed by atoms with Crippen LogP contribution in [0.3, 0.4) is 0 Å². The van der Waals surface area contributed by atoms with Crippen LogP contribution in [0, 0.1) is 0 Å². The summed E-state index contributed by atoms with van der Waals surface area (Å²) in [6, 6.07) is 3.60. The van der Waals surface area contributed by atoms with E-state index in [4.69, 9.17) is 5.11 Å². The van der Waals surface area contributed by atoms with Crippen molar-refractivity contribution in [3.8, 4) is 11.4 Å². The standard InChI is InChI=1S/C12H12N4O2/c1-16(2)11-9(12(17)18)7-14-10(15-11)8-4-3-5-13-6-8/h3-7H,1-2H3,(H,17,18). The molecule has 18 heavy (non-hydrogen) atoms. The molecule has 2 aromatic rings. The van der Waals surface area contributed by atoms with E-state index in [1.165, 1.54) is 6.20 Å². The highest BCUT2D eigenvalue weighted by Crippen LogP contribution is 2.20. The molecule has 0 saturated heterocycles. The van der Waals surface area contributed by atoms with Crippen molar-refractivity contribution < 1.29 is 9.90 Å². The van der Waals surface area contributed by atoms with Gasteiger partial charge in [0.2, 0.25) is 0 Å². The van der Waals surface area contributed by atoms with Crippen molar-refractivity contribution in [2.75, 3.05) is 19.0 Å². The van der Waals surface area contributed by atoms with Gasteiger partial charge in [-0.15, -0.1) is 0 Å². The highest BCUT2D eigenvalue weighted by Gasteiger charge is 2.15. The van der Waals surface area contributed by atoms with E-state index in [2.05, 4.69) is 15.0 Å². The summed E-state index contributed by atoms with van der Waals surface area (Å²) in [5.41, 5.74) is 0.824. The molecule has 0 aliphatic carbocycles. The molecule has 2 heterocycles. The molecule has 0 atom stereocenters. The van der Waals surface area contributed by atoms with Gasteiger partial charge in [0.15, 0.2) is 5.82 Å². The van der Waals surface area contributed by atoms with Gasteiger partial charge in [-0.3, -0.25) is 4.98 Å². The van der Waals surface area contributed by atoms with Crippen molar-refractivity contribution in [2.45, 2.75) is 0 Å². The number of nitrogens with zero attached hydrogens (tertiary/aromatic N) is 4. The number of anilines is 1. The Labute approximate surface area is 104 Å². The van der Waals surface area contributed by atoms with Gasteiger partial charge >= 0.3 is 5.97 Å². The van der Waals surface area contributed by atoms with Crippen molar-refractivity contribution in [2.24, 2.45) is 0 Å². The fourth-order valence-corrected chi connectivity index (χ4v) is 1.50. The van der Waals surface area contributed by atoms with Crippen LogP contribution in [0.2, 0.25) is 0 Å². The lowest BCUT2D eigenvalue weighted by Gasteiger charge is -2.14. The van der Waals surface area contributed by atoms with Crippen molar-refractivity contribution in [3.05, 3.63) is 36.3 Å². The Hall–Kier alpha value is -2.50. The van der Waals surface area contributed by atoms with Crippen molar-refractivity contribution >= 4 is 11.8 Å². The molecule has 0 fully saturated rings. The Morgan fingerprint density at radius 1 is 1.33 bits per heavy atom. The number of carboxylic acid groups (broad SMARTS) is 1. The molecule has 6 nitrogen and oxygen atoms in total. The quantitative estimate of drug-likeness (QED) is 0.876. The van der Waals surface area contributed by atoms with Crippen LogP contribution < -0.4 is 4.90 Å². The third-order valence-electron chi connectivity index (χ3n) is 2.34. The molecule has 0 unspecified atom stereocenters. The molecular weight excluding hydrogens is 232 g/mol. The van der Waals surface area contributed by atoms with Crippen molar-refractivity contribution in [3.63, 3.8) is 0 Å². The number of rotatable bonds is 3. The van der Waals surface area contributed by atoms with Crippen LogP contribution in [0.25, 0.3) is 11.4 Å². The van der Waals surface area contributed by atoms with Gasteiger partial charge in [0.1, 0.15) is 11.4 Å². The molecule has 1 N–H and O–H groups in total. The minimum Gasteiger partial charge on any atom is -0.477 e. The van der Waals surface area contributed by atoms with Gasteiger partial charge in [-0.1, -0.05) is 0 Å². The SMILES string of the molecule is CN(C)c1nc(-c2cccnc2)ncc1C(=O)O. The van der Waals surface area contributed by atoms with Crippen LogP contribution in [0.15, 0.2) is 30.7 Å². The van der Waals surface area contributed by atoms with E-state index in [1.54, 1.807) is 37.5 Å². The number of pyridine rings is 1. The Balaban J connectivity index is 2.54. The summed E-state index contributed by atoms with van der Waals surface area (Å²) < 4.78 is 0. The first kappa shape index (κ1) is 12.0. The number of carbonyl (C=O) groups is 1. The lowest BCUT2D eigenvalue weighted by Crippen LogP contribution is -2.16. The van der Waals surface area contributed by atoms with E-state index in [9.17, 15) is 4.79 Å². The maximum Gasteiger partial charge on any atom is 0.341 e. The Morgan fingerprint density at radius 3 is 2.67 bits per heavy atom. The summed E-state index contributed by atoms with van der Waals surface area (Å²) >= 11 is 0. The molecule has 0 aliphatic heterocycles. The van der Waals surface area contributed by atoms with E-state index in [0.29, 0.717) is 11.6 Å². The van der Waals surface area contributed by atoms with Crippen molar-refractivity contribution in [1.29, 1.82) is 0 Å². The Bertz CT molecular complexity index is 570. The van der Waals surface area contributed by atoms with Gasteiger partial charge in [0, 0.05) is 38.2 Å². The monoisotopic (exact) mass is 244 g/mol. The third-order valence-corrected chi connectivity index (χ3v) is 2.34. The molecule has 0 saturated carbocycles. The number of aromatic carboxylic acids is 1. The van der Waals surface area contributed by atoms with Gasteiger partial charge in [-0.2, -0.15) is 0 Å². The summed E-state index contributed by atoms with van der Waals surface area (Å²) in [6.07, 6.45) is 4.60. The van der Waals surface area contributed by atoms with Crippen LogP contribution in [0.4, 0.5) is 5.82 Å². The average molecular weight is 244 g/mol. The molecule has 0 aromatic carbocycles. The summed E-state index contributed by atoms with van der Waals surface area (Å²) in [4.78, 5) is 25.0. The smallest absolute Gasteiger partial charge is 0.341 e. The predicted molar refractivity (Wildman–Crippen MR) is 66.5 cm³/mol. The summed E-state index contributed by atoms with van der Waals surface area (Å²) in [7, 11) is 3.48. The lowest BCUT2D eigenvalue weighted by molar-refractivity contribution is 0.0697. The Morgan fingerprint density at radius 2 is 2.11 bits per heavy atom. The van der Waals surface area contributed by atoms with E-state index in [-0.39, 0.29) is 5.56 Å². The zero-order chi connectivity index (χ0) is 13.1. The predicted octanol–water partition coefficient (Wildman–Crippen LogP) is 1.30. The summed E-state index contributed by atoms with van der Waals surface area (Å²) in [6.45, 7) is 0. The molecule has 92 valence electrons. The fourth-order valence-electron chi connectivity index (χ4n) is 1.50. The number of hydrogen-bond acceptors (Lipinski definition) is 5. The van der Waals surface area contributed by atoms with E-state index < -0.39 is 5.97 Å². The lowest BCUT2D eigenvalue weighted by atomic mass is 10.2. The van der Waals surface area contributed by atoms with Crippen LogP contribution >= 0.6 is 0 Å². The fraction of sp³-hybridized carbons (Fsp3) is 0.167. The highest BCUT2D eigenvalue weighted by atomic mass is 16.4. The second-order valence-electron chi connectivity index (χ2n) is 3.87. The second kappa shape index (κ2) is 4.79. The van der Waals surface area contributed by atoms with Crippen LogP contribution in [-0.2, 0) is 0 Å². The first-order chi connectivity index (χ1) is 8.59. The maximum atomic E-state index is 11.1. The zero-order valence-electron chi connectivity index (χ0n) is 10.0. The molecule has 2 aromatic heterocycles. The van der Waals surface area contributed by atoms with Gasteiger partial charge in [0.25, 0.3) is 0 Å². The Kier molecular flexibility index (Phi) is 3.18. The van der Waals surface area contributed by atoms with E-state index in [1.807, 2.05) is 6.07 Å². The summed E-state index contributed by atoms with van der Waals surface area (Å²) in [5.74, 6) is -0.218. The van der Waals surface area contributed by atoms with Gasteiger partial charge in [0.05, 0.1) is 0 Å². The minimum absolute atomic E-state index is 0.0765. The van der Waals surface area contributed by atoms with Gasteiger partial charge in [-0.25, -0.2) is 14.8 Å². The van der Waals surface area contributed by atoms with Crippen LogP contribution in [0.5, 0.6) is 0 Å². The largest absolute Gasteiger partial charge is 0.477 e. The third kappa shape index (κ3) is 2.27. The number of hydrogen-bond donors (Lipinski definition) is 1. The van der Waals surface area contributed by atoms with Crippen molar-refractivity contribution in [1.82, 2.24) is 15.0 Å². The normalized spacial score (nSPS) is 10.1. The molecule has 0 radical (unpaired) electrons. The molecular formula is C12H12N4O2. The molecule has 0 bridgehead atoms. The summed E-state index contributed by atoms with van der Waals surface area (Å²) in [5, 5.41) is 9.06. The molecule has 0 spiro atoms. The number of aromatic nitrogens is 3. The van der Waals surface area contributed by atoms with Gasteiger partial charge < -0.3 is 10.0 Å². The first-order valence-electron chi connectivity index (χ1n) is 5.27. The van der Waals surface area contributed by atoms with Crippen LogP contribution in [-0.4, -0.2) is 40.1 Å². The molecule has 0 aliphatic rings. The topological polar surface area (TPSA) is 79.2 Å². The van der Waals surface area contributed by atoms with E-state index in [0.717, 1.165) is 5.56 Å². The first-order valence-corrected chi connectivity index (χ1v) is 5.27. The highest BCUT2D eigenvalue weighted by molar-refractivity contribution is 5.93. The molecule has 2 rings (SSSR count). The maximum absolute atomic E-state index is 11.1.